The highest BCUT2D eigenvalue weighted by Gasteiger charge is 2.41. The lowest BCUT2D eigenvalue weighted by molar-refractivity contribution is -0.122. The Bertz CT molecular complexity index is 1760. The van der Waals surface area contributed by atoms with Gasteiger partial charge in [0.25, 0.3) is 5.91 Å². The first-order valence-electron chi connectivity index (χ1n) is 13.2. The number of hydrogen-bond acceptors (Lipinski definition) is 6. The molecule has 1 atom stereocenters. The molecule has 0 bridgehead atoms. The van der Waals surface area contributed by atoms with E-state index in [-0.39, 0.29) is 30.3 Å². The van der Waals surface area contributed by atoms with E-state index in [9.17, 15) is 18.4 Å². The van der Waals surface area contributed by atoms with Crippen LogP contribution in [0.4, 0.5) is 20.3 Å². The molecule has 2 aliphatic heterocycles. The maximum atomic E-state index is 14.8. The number of rotatable bonds is 5. The molecule has 1 saturated heterocycles. The molecule has 2 amide bonds. The number of pyridine rings is 1. The molecule has 1 aromatic heterocycles. The van der Waals surface area contributed by atoms with E-state index >= 15 is 0 Å². The van der Waals surface area contributed by atoms with Gasteiger partial charge in [0.05, 0.1) is 23.5 Å². The molecule has 8 nitrogen and oxygen atoms in total. The number of likely N-dealkylation sites (tertiary alicyclic amines) is 1. The summed E-state index contributed by atoms with van der Waals surface area (Å²) in [5, 5.41) is 3.64. The molecule has 3 aromatic carbocycles. The van der Waals surface area contributed by atoms with E-state index in [0.29, 0.717) is 51.9 Å². The number of benzene rings is 3. The Balaban J connectivity index is 1.27. The number of aliphatic imine (C=N–C) groups is 1. The zero-order valence-electron chi connectivity index (χ0n) is 22.2. The van der Waals surface area contributed by atoms with Crippen LogP contribution in [0.25, 0.3) is 11.3 Å². The van der Waals surface area contributed by atoms with Crippen LogP contribution in [0.2, 0.25) is 5.02 Å². The van der Waals surface area contributed by atoms with Crippen molar-refractivity contribution in [1.29, 1.82) is 0 Å². The minimum atomic E-state index is -1.21. The highest BCUT2D eigenvalue weighted by Crippen LogP contribution is 2.35. The predicted octanol–water partition coefficient (Wildman–Crippen LogP) is 4.80. The fraction of sp³-hybridized carbons (Fsp3) is 0.161. The van der Waals surface area contributed by atoms with Gasteiger partial charge in [-0.15, -0.1) is 0 Å². The zero-order valence-corrected chi connectivity index (χ0v) is 23.0. The van der Waals surface area contributed by atoms with Crippen molar-refractivity contribution in [3.63, 3.8) is 0 Å². The molecule has 0 saturated carbocycles. The first kappa shape index (κ1) is 27.5. The summed E-state index contributed by atoms with van der Waals surface area (Å²) in [6.07, 6.45) is 0.314. The number of nitrogens with two attached hydrogens (primary N) is 2. The molecule has 0 spiro atoms. The fourth-order valence-electron chi connectivity index (χ4n) is 5.26. The summed E-state index contributed by atoms with van der Waals surface area (Å²) >= 11 is 6.30. The minimum absolute atomic E-state index is 0.0713. The van der Waals surface area contributed by atoms with Gasteiger partial charge in [-0.1, -0.05) is 29.8 Å². The van der Waals surface area contributed by atoms with Gasteiger partial charge in [-0.25, -0.2) is 13.8 Å². The van der Waals surface area contributed by atoms with E-state index in [0.717, 1.165) is 5.56 Å². The topological polar surface area (TPSA) is 127 Å². The Morgan fingerprint density at radius 2 is 1.71 bits per heavy atom. The molecule has 11 heteroatoms. The number of nitrogens with zero attached hydrogens (tertiary/aromatic N) is 3. The van der Waals surface area contributed by atoms with Gasteiger partial charge in [-0.05, 0) is 61.0 Å². The second kappa shape index (κ2) is 10.6. The quantitative estimate of drug-likeness (QED) is 0.309. The summed E-state index contributed by atoms with van der Waals surface area (Å²) in [4.78, 5) is 35.5. The summed E-state index contributed by atoms with van der Waals surface area (Å²) in [6, 6.07) is 19.3. The number of carbonyl (C=O) groups excluding carboxylic acids is 2. The summed E-state index contributed by atoms with van der Waals surface area (Å²) < 4.78 is 29.6. The number of anilines is 2. The number of nitrogens with one attached hydrogen (secondary N) is 1. The van der Waals surface area contributed by atoms with Crippen LogP contribution in [0.1, 0.15) is 33.5 Å². The Morgan fingerprint density at radius 3 is 2.40 bits per heavy atom. The summed E-state index contributed by atoms with van der Waals surface area (Å²) in [5.41, 5.74) is 13.8. The van der Waals surface area contributed by atoms with Crippen molar-refractivity contribution >= 4 is 40.6 Å². The molecular weight excluding hydrogens is 562 g/mol. The third kappa shape index (κ3) is 4.99. The molecule has 6 rings (SSSR count). The summed E-state index contributed by atoms with van der Waals surface area (Å²) in [6.45, 7) is 0.575. The highest BCUT2D eigenvalue weighted by atomic mass is 35.5. The average Bonchev–Trinajstić information content (AvgIpc) is 3.31. The van der Waals surface area contributed by atoms with Gasteiger partial charge < -0.3 is 21.7 Å². The number of halogens is 3. The Kier molecular flexibility index (Phi) is 6.96. The van der Waals surface area contributed by atoms with Gasteiger partial charge in [-0.2, -0.15) is 0 Å². The molecule has 3 heterocycles. The van der Waals surface area contributed by atoms with Gasteiger partial charge in [0.2, 0.25) is 5.91 Å². The lowest BCUT2D eigenvalue weighted by Gasteiger charge is -2.21. The van der Waals surface area contributed by atoms with Crippen molar-refractivity contribution in [2.24, 2.45) is 16.5 Å². The largest absolute Gasteiger partial charge is 0.368 e. The van der Waals surface area contributed by atoms with Crippen molar-refractivity contribution in [3.05, 3.63) is 112 Å². The number of aromatic nitrogens is 1. The third-order valence-corrected chi connectivity index (χ3v) is 7.80. The third-order valence-electron chi connectivity index (χ3n) is 7.56. The van der Waals surface area contributed by atoms with Crippen molar-refractivity contribution in [2.75, 3.05) is 18.4 Å². The van der Waals surface area contributed by atoms with Crippen molar-refractivity contribution in [3.8, 4) is 11.3 Å². The van der Waals surface area contributed by atoms with Crippen LogP contribution in [-0.4, -0.2) is 46.0 Å². The monoisotopic (exact) mass is 586 g/mol. The second-order valence-electron chi connectivity index (χ2n) is 10.4. The average molecular weight is 587 g/mol. The smallest absolute Gasteiger partial charge is 0.253 e. The van der Waals surface area contributed by atoms with E-state index in [4.69, 9.17) is 28.1 Å². The zero-order chi connectivity index (χ0) is 29.6. The van der Waals surface area contributed by atoms with E-state index in [2.05, 4.69) is 10.3 Å². The normalized spacial score (nSPS) is 17.6. The van der Waals surface area contributed by atoms with Gasteiger partial charge in [-0.3, -0.25) is 14.6 Å². The summed E-state index contributed by atoms with van der Waals surface area (Å²) in [7, 11) is 0. The van der Waals surface area contributed by atoms with E-state index in [1.165, 1.54) is 23.1 Å². The SMILES string of the molecule is NC(=O)C1(N)CCN(C(=O)c2ccc(Nc3ccc4c(n3)-c3ccc(Cl)cc3C(c3c(F)cccc3F)=NC4)cc2)C1. The molecular formula is C31H25ClF2N6O2. The van der Waals surface area contributed by atoms with Crippen molar-refractivity contribution in [1.82, 2.24) is 9.88 Å². The van der Waals surface area contributed by atoms with Crippen LogP contribution in [-0.2, 0) is 11.3 Å². The first-order valence-corrected chi connectivity index (χ1v) is 13.5. The van der Waals surface area contributed by atoms with Crippen LogP contribution >= 0.6 is 11.6 Å². The van der Waals surface area contributed by atoms with Crippen LogP contribution < -0.4 is 16.8 Å². The van der Waals surface area contributed by atoms with Gasteiger partial charge in [0.1, 0.15) is 23.0 Å². The number of carbonyl (C=O) groups is 2. The van der Waals surface area contributed by atoms with Crippen molar-refractivity contribution < 1.29 is 18.4 Å². The Labute approximate surface area is 245 Å². The van der Waals surface area contributed by atoms with Crippen LogP contribution in [0.15, 0.2) is 77.8 Å². The van der Waals surface area contributed by atoms with Gasteiger partial charge in [0, 0.05) is 46.1 Å². The van der Waals surface area contributed by atoms with Crippen LogP contribution in [0.3, 0.4) is 0 Å². The van der Waals surface area contributed by atoms with E-state index in [1.807, 2.05) is 6.07 Å². The van der Waals surface area contributed by atoms with Gasteiger partial charge in [0.15, 0.2) is 0 Å². The molecule has 42 heavy (non-hydrogen) atoms. The number of hydrogen-bond donors (Lipinski definition) is 3. The predicted molar refractivity (Wildman–Crippen MR) is 157 cm³/mol. The van der Waals surface area contributed by atoms with E-state index < -0.39 is 23.1 Å². The summed E-state index contributed by atoms with van der Waals surface area (Å²) in [5.74, 6) is -1.79. The van der Waals surface area contributed by atoms with Crippen LogP contribution in [0.5, 0.6) is 0 Å². The maximum Gasteiger partial charge on any atom is 0.253 e. The highest BCUT2D eigenvalue weighted by molar-refractivity contribution is 6.31. The minimum Gasteiger partial charge on any atom is -0.368 e. The van der Waals surface area contributed by atoms with Gasteiger partial charge >= 0.3 is 0 Å². The Hall–Kier alpha value is -4.67. The standard InChI is InChI=1S/C31H25ClF2N6O2/c32-19-7-10-21-22(14-19)28(26-23(33)2-1-3-24(26)34)37-15-18-6-11-25(39-27(18)21)38-20-8-4-17(5-9-20)29(41)40-13-12-31(36,16-40)30(35)42/h1-11,14H,12-13,15-16,36H2,(H2,35,42)(H,38,39). The lowest BCUT2D eigenvalue weighted by Crippen LogP contribution is -2.54. The second-order valence-corrected chi connectivity index (χ2v) is 10.8. The molecule has 212 valence electrons. The molecule has 1 fully saturated rings. The lowest BCUT2D eigenvalue weighted by atomic mass is 9.94. The van der Waals surface area contributed by atoms with E-state index in [1.54, 1.807) is 48.5 Å². The van der Waals surface area contributed by atoms with Crippen LogP contribution in [0, 0.1) is 11.6 Å². The maximum absolute atomic E-state index is 14.8. The number of amides is 2. The molecule has 0 radical (unpaired) electrons. The van der Waals surface area contributed by atoms with Crippen molar-refractivity contribution in [2.45, 2.75) is 18.5 Å². The molecule has 1 unspecified atom stereocenters. The molecule has 4 aromatic rings. The molecule has 0 aliphatic carbocycles. The number of fused-ring (bicyclic) bond motifs is 3. The molecule has 5 N–H and O–H groups in total. The molecule has 2 aliphatic rings. The Morgan fingerprint density at radius 1 is 0.976 bits per heavy atom. The fourth-order valence-corrected chi connectivity index (χ4v) is 5.43. The first-order chi connectivity index (χ1) is 20.1. The number of primary amides is 1.